The summed E-state index contributed by atoms with van der Waals surface area (Å²) >= 11 is 0. The van der Waals surface area contributed by atoms with E-state index in [1.165, 1.54) is 10.8 Å². The molecule has 0 aliphatic heterocycles. The molecule has 17 heavy (non-hydrogen) atoms. The first kappa shape index (κ1) is 10.6. The van der Waals surface area contributed by atoms with Crippen molar-refractivity contribution in [3.8, 4) is 5.75 Å². The van der Waals surface area contributed by atoms with Crippen LogP contribution in [0.1, 0.15) is 19.3 Å². The standard InChI is InChI=1S/C15H16O2/c16-14-6-3-7-15(14)17-13-9-8-11-4-1-2-5-12(11)10-13/h1-2,4-5,8-10,14-16H,3,6-7H2/t14-,15-/m0/s1. The van der Waals surface area contributed by atoms with Gasteiger partial charge in [0.25, 0.3) is 0 Å². The minimum absolute atomic E-state index is 0.0313. The third-order valence-electron chi connectivity index (χ3n) is 3.43. The van der Waals surface area contributed by atoms with Crippen LogP contribution in [0.5, 0.6) is 5.75 Å². The summed E-state index contributed by atoms with van der Waals surface area (Å²) in [5.41, 5.74) is 0. The maximum atomic E-state index is 9.74. The predicted molar refractivity (Wildman–Crippen MR) is 68.2 cm³/mol. The second-order valence-electron chi connectivity index (χ2n) is 4.66. The fraction of sp³-hybridized carbons (Fsp3) is 0.333. The van der Waals surface area contributed by atoms with Crippen LogP contribution in [0.15, 0.2) is 42.5 Å². The quantitative estimate of drug-likeness (QED) is 0.855. The van der Waals surface area contributed by atoms with Crippen LogP contribution in [-0.2, 0) is 0 Å². The van der Waals surface area contributed by atoms with Crippen molar-refractivity contribution < 1.29 is 9.84 Å². The maximum absolute atomic E-state index is 9.74. The average molecular weight is 228 g/mol. The lowest BCUT2D eigenvalue weighted by molar-refractivity contribution is 0.0605. The van der Waals surface area contributed by atoms with E-state index in [0.29, 0.717) is 0 Å². The second-order valence-corrected chi connectivity index (χ2v) is 4.66. The van der Waals surface area contributed by atoms with Gasteiger partial charge in [0.15, 0.2) is 0 Å². The SMILES string of the molecule is O[C@H]1CCC[C@@H]1Oc1ccc2ccccc2c1. The summed E-state index contributed by atoms with van der Waals surface area (Å²) in [4.78, 5) is 0. The van der Waals surface area contributed by atoms with E-state index in [1.54, 1.807) is 0 Å². The molecule has 88 valence electrons. The monoisotopic (exact) mass is 228 g/mol. The first-order valence-corrected chi connectivity index (χ1v) is 6.16. The Kier molecular flexibility index (Phi) is 2.73. The van der Waals surface area contributed by atoms with E-state index in [1.807, 2.05) is 24.3 Å². The number of fused-ring (bicyclic) bond motifs is 1. The third-order valence-corrected chi connectivity index (χ3v) is 3.43. The molecule has 2 aromatic rings. The molecular formula is C15H16O2. The molecule has 0 bridgehead atoms. The van der Waals surface area contributed by atoms with Crippen LogP contribution < -0.4 is 4.74 Å². The summed E-state index contributed by atoms with van der Waals surface area (Å²) in [6.07, 6.45) is 2.53. The van der Waals surface area contributed by atoms with E-state index in [-0.39, 0.29) is 12.2 Å². The van der Waals surface area contributed by atoms with E-state index in [4.69, 9.17) is 4.74 Å². The molecule has 1 fully saturated rings. The topological polar surface area (TPSA) is 29.5 Å². The number of hydrogen-bond donors (Lipinski definition) is 1. The highest BCUT2D eigenvalue weighted by atomic mass is 16.5. The molecule has 0 saturated heterocycles. The van der Waals surface area contributed by atoms with E-state index in [2.05, 4.69) is 18.2 Å². The Bertz CT molecular complexity index is 521. The van der Waals surface area contributed by atoms with Gasteiger partial charge in [-0.15, -0.1) is 0 Å². The highest BCUT2D eigenvalue weighted by Crippen LogP contribution is 2.27. The number of benzene rings is 2. The van der Waals surface area contributed by atoms with Crippen molar-refractivity contribution in [2.45, 2.75) is 31.5 Å². The minimum atomic E-state index is -0.304. The fourth-order valence-electron chi connectivity index (χ4n) is 2.46. The fourth-order valence-corrected chi connectivity index (χ4v) is 2.46. The van der Waals surface area contributed by atoms with Gasteiger partial charge in [-0.2, -0.15) is 0 Å². The lowest BCUT2D eigenvalue weighted by atomic mass is 10.1. The highest BCUT2D eigenvalue weighted by Gasteiger charge is 2.26. The Morgan fingerprint density at radius 3 is 2.59 bits per heavy atom. The molecule has 1 aliphatic rings. The van der Waals surface area contributed by atoms with E-state index >= 15 is 0 Å². The predicted octanol–water partition coefficient (Wildman–Crippen LogP) is 3.13. The maximum Gasteiger partial charge on any atom is 0.124 e. The van der Waals surface area contributed by atoms with Crippen molar-refractivity contribution in [1.29, 1.82) is 0 Å². The van der Waals surface area contributed by atoms with Crippen molar-refractivity contribution in [2.24, 2.45) is 0 Å². The van der Waals surface area contributed by atoms with Crippen molar-refractivity contribution in [1.82, 2.24) is 0 Å². The molecule has 2 aromatic carbocycles. The number of aliphatic hydroxyl groups excluding tert-OH is 1. The largest absolute Gasteiger partial charge is 0.488 e. The van der Waals surface area contributed by atoms with Crippen molar-refractivity contribution in [3.63, 3.8) is 0 Å². The van der Waals surface area contributed by atoms with Gasteiger partial charge < -0.3 is 9.84 Å². The van der Waals surface area contributed by atoms with Crippen molar-refractivity contribution >= 4 is 10.8 Å². The summed E-state index contributed by atoms with van der Waals surface area (Å²) in [5, 5.41) is 12.1. The van der Waals surface area contributed by atoms with Gasteiger partial charge >= 0.3 is 0 Å². The molecule has 0 amide bonds. The van der Waals surface area contributed by atoms with E-state index < -0.39 is 0 Å². The molecule has 0 heterocycles. The molecule has 3 rings (SSSR count). The Morgan fingerprint density at radius 2 is 1.82 bits per heavy atom. The molecule has 0 aromatic heterocycles. The molecule has 0 unspecified atom stereocenters. The molecule has 1 saturated carbocycles. The first-order valence-electron chi connectivity index (χ1n) is 6.16. The summed E-state index contributed by atoms with van der Waals surface area (Å²) in [5.74, 6) is 0.856. The van der Waals surface area contributed by atoms with Gasteiger partial charge in [0, 0.05) is 0 Å². The van der Waals surface area contributed by atoms with Gasteiger partial charge in [0.2, 0.25) is 0 Å². The van der Waals surface area contributed by atoms with Gasteiger partial charge in [-0.1, -0.05) is 30.3 Å². The second kappa shape index (κ2) is 4.38. The smallest absolute Gasteiger partial charge is 0.124 e. The first-order chi connectivity index (χ1) is 8.33. The number of ether oxygens (including phenoxy) is 1. The molecule has 2 nitrogen and oxygen atoms in total. The number of hydrogen-bond acceptors (Lipinski definition) is 2. The lowest BCUT2D eigenvalue weighted by Gasteiger charge is -2.17. The zero-order valence-corrected chi connectivity index (χ0v) is 9.67. The lowest BCUT2D eigenvalue weighted by Crippen LogP contribution is -2.25. The van der Waals surface area contributed by atoms with E-state index in [0.717, 1.165) is 25.0 Å². The average Bonchev–Trinajstić information content (AvgIpc) is 2.75. The van der Waals surface area contributed by atoms with Crippen LogP contribution in [-0.4, -0.2) is 17.3 Å². The molecule has 2 atom stereocenters. The highest BCUT2D eigenvalue weighted by molar-refractivity contribution is 5.83. The van der Waals surface area contributed by atoms with Gasteiger partial charge in [-0.25, -0.2) is 0 Å². The van der Waals surface area contributed by atoms with Gasteiger partial charge in [0.1, 0.15) is 11.9 Å². The van der Waals surface area contributed by atoms with Crippen molar-refractivity contribution in [3.05, 3.63) is 42.5 Å². The molecule has 1 N–H and O–H groups in total. The molecule has 0 radical (unpaired) electrons. The number of rotatable bonds is 2. The normalized spacial score (nSPS) is 24.1. The van der Waals surface area contributed by atoms with Crippen LogP contribution >= 0.6 is 0 Å². The summed E-state index contributed by atoms with van der Waals surface area (Å²) < 4.78 is 5.85. The van der Waals surface area contributed by atoms with Gasteiger partial charge in [0.05, 0.1) is 6.10 Å². The van der Waals surface area contributed by atoms with Crippen LogP contribution in [0.4, 0.5) is 0 Å². The third kappa shape index (κ3) is 2.13. The molecule has 2 heteroatoms. The molecule has 1 aliphatic carbocycles. The summed E-state index contributed by atoms with van der Waals surface area (Å²) in [7, 11) is 0. The van der Waals surface area contributed by atoms with Crippen LogP contribution in [0.3, 0.4) is 0 Å². The Labute approximate surface area is 101 Å². The minimum Gasteiger partial charge on any atom is -0.488 e. The Morgan fingerprint density at radius 1 is 1.00 bits per heavy atom. The Hall–Kier alpha value is -1.54. The van der Waals surface area contributed by atoms with Crippen LogP contribution in [0.25, 0.3) is 10.8 Å². The summed E-state index contributed by atoms with van der Waals surface area (Å²) in [6.45, 7) is 0. The van der Waals surface area contributed by atoms with Crippen molar-refractivity contribution in [2.75, 3.05) is 0 Å². The zero-order valence-electron chi connectivity index (χ0n) is 9.67. The number of aliphatic hydroxyl groups is 1. The van der Waals surface area contributed by atoms with Crippen LogP contribution in [0, 0.1) is 0 Å². The molecule has 0 spiro atoms. The van der Waals surface area contributed by atoms with Crippen LogP contribution in [0.2, 0.25) is 0 Å². The molecular weight excluding hydrogens is 212 g/mol. The van der Waals surface area contributed by atoms with E-state index in [9.17, 15) is 5.11 Å². The zero-order chi connectivity index (χ0) is 11.7. The van der Waals surface area contributed by atoms with Gasteiger partial charge in [-0.05, 0) is 42.2 Å². The van der Waals surface area contributed by atoms with Gasteiger partial charge in [-0.3, -0.25) is 0 Å². The summed E-state index contributed by atoms with van der Waals surface area (Å²) in [6, 6.07) is 14.3. The Balaban J connectivity index is 1.85.